The van der Waals surface area contributed by atoms with Crippen LogP contribution < -0.4 is 5.43 Å². The average Bonchev–Trinajstić information content (AvgIpc) is 2.71. The molecule has 2 aliphatic carbocycles. The number of rotatable bonds is 2. The normalized spacial score (nSPS) is 26.8. The van der Waals surface area contributed by atoms with Crippen LogP contribution in [0.4, 0.5) is 0 Å². The van der Waals surface area contributed by atoms with Crippen LogP contribution in [0, 0.1) is 18.8 Å². The molecular weight excluding hydrogens is 224 g/mol. The molecule has 0 aromatic heterocycles. The Morgan fingerprint density at radius 1 is 1.39 bits per heavy atom. The highest BCUT2D eigenvalue weighted by molar-refractivity contribution is 5.98. The van der Waals surface area contributed by atoms with Crippen LogP contribution in [0.1, 0.15) is 28.8 Å². The molecule has 1 saturated carbocycles. The molecule has 0 heterocycles. The molecule has 0 unspecified atom stereocenters. The fraction of sp³-hybridized carbons (Fsp3) is 0.333. The van der Waals surface area contributed by atoms with E-state index in [2.05, 4.69) is 22.7 Å². The zero-order valence-electron chi connectivity index (χ0n) is 10.4. The summed E-state index contributed by atoms with van der Waals surface area (Å²) in [6.07, 6.45) is 6.53. The Morgan fingerprint density at radius 3 is 3.00 bits per heavy atom. The zero-order chi connectivity index (χ0) is 12.5. The van der Waals surface area contributed by atoms with Gasteiger partial charge in [-0.25, -0.2) is 5.43 Å². The van der Waals surface area contributed by atoms with Gasteiger partial charge in [0.05, 0.1) is 0 Å². The molecule has 0 saturated heterocycles. The first-order valence-corrected chi connectivity index (χ1v) is 6.35. The lowest BCUT2D eigenvalue weighted by Crippen LogP contribution is -2.35. The Labute approximate surface area is 107 Å². The standard InChI is InChI=1S/C15H16N2O/c1-10-5-2-3-7-12(10)15(18)17-16-14-9-11-6-4-8-13(11)14/h2-7,11,13H,8-9H2,1H3,(H,17,18)/b16-14-/t11-,13+/m1/s1. The van der Waals surface area contributed by atoms with E-state index in [0.29, 0.717) is 17.4 Å². The largest absolute Gasteiger partial charge is 0.271 e. The summed E-state index contributed by atoms with van der Waals surface area (Å²) < 4.78 is 0. The molecule has 1 fully saturated rings. The zero-order valence-corrected chi connectivity index (χ0v) is 10.4. The lowest BCUT2D eigenvalue weighted by Gasteiger charge is -2.31. The molecular formula is C15H16N2O. The van der Waals surface area contributed by atoms with Gasteiger partial charge in [0, 0.05) is 17.2 Å². The van der Waals surface area contributed by atoms with Gasteiger partial charge in [0.1, 0.15) is 0 Å². The number of hydrazone groups is 1. The maximum Gasteiger partial charge on any atom is 0.271 e. The summed E-state index contributed by atoms with van der Waals surface area (Å²) in [5.41, 5.74) is 5.48. The van der Waals surface area contributed by atoms with Crippen molar-refractivity contribution in [2.75, 3.05) is 0 Å². The first kappa shape index (κ1) is 11.2. The highest BCUT2D eigenvalue weighted by atomic mass is 16.2. The number of hydrogen-bond donors (Lipinski definition) is 1. The molecule has 0 aliphatic heterocycles. The maximum atomic E-state index is 12.0. The second-order valence-electron chi connectivity index (χ2n) is 5.00. The Balaban J connectivity index is 1.66. The summed E-state index contributed by atoms with van der Waals surface area (Å²) >= 11 is 0. The van der Waals surface area contributed by atoms with Gasteiger partial charge in [-0.05, 0) is 37.3 Å². The van der Waals surface area contributed by atoms with E-state index in [1.165, 1.54) is 0 Å². The number of carbonyl (C=O) groups is 1. The number of amides is 1. The van der Waals surface area contributed by atoms with Crippen LogP contribution in [-0.2, 0) is 0 Å². The maximum absolute atomic E-state index is 12.0. The van der Waals surface area contributed by atoms with Crippen molar-refractivity contribution in [1.82, 2.24) is 5.43 Å². The Bertz CT molecular complexity index is 545. The van der Waals surface area contributed by atoms with Crippen molar-refractivity contribution in [2.45, 2.75) is 19.8 Å². The summed E-state index contributed by atoms with van der Waals surface area (Å²) in [4.78, 5) is 12.0. The van der Waals surface area contributed by atoms with Crippen molar-refractivity contribution in [3.63, 3.8) is 0 Å². The quantitative estimate of drug-likeness (QED) is 0.626. The van der Waals surface area contributed by atoms with E-state index in [9.17, 15) is 4.79 Å². The van der Waals surface area contributed by atoms with E-state index in [4.69, 9.17) is 0 Å². The molecule has 0 bridgehead atoms. The van der Waals surface area contributed by atoms with Gasteiger partial charge in [-0.2, -0.15) is 5.10 Å². The van der Waals surface area contributed by atoms with E-state index in [1.807, 2.05) is 31.2 Å². The average molecular weight is 240 g/mol. The molecule has 3 rings (SSSR count). The van der Waals surface area contributed by atoms with E-state index in [0.717, 1.165) is 24.1 Å². The summed E-state index contributed by atoms with van der Waals surface area (Å²) in [6, 6.07) is 7.56. The number of aryl methyl sites for hydroxylation is 1. The number of fused-ring (bicyclic) bond motifs is 1. The van der Waals surface area contributed by atoms with E-state index in [1.54, 1.807) is 0 Å². The van der Waals surface area contributed by atoms with Gasteiger partial charge in [0.25, 0.3) is 5.91 Å². The monoisotopic (exact) mass is 240 g/mol. The predicted molar refractivity (Wildman–Crippen MR) is 71.4 cm³/mol. The minimum atomic E-state index is -0.116. The first-order chi connectivity index (χ1) is 8.75. The number of nitrogens with zero attached hydrogens (tertiary/aromatic N) is 1. The van der Waals surface area contributed by atoms with Crippen LogP contribution in [0.5, 0.6) is 0 Å². The number of allylic oxidation sites excluding steroid dienone is 2. The van der Waals surface area contributed by atoms with Crippen LogP contribution >= 0.6 is 0 Å². The Kier molecular flexibility index (Phi) is 2.74. The summed E-state index contributed by atoms with van der Waals surface area (Å²) in [7, 11) is 0. The van der Waals surface area contributed by atoms with Crippen LogP contribution in [0.25, 0.3) is 0 Å². The Hall–Kier alpha value is -1.90. The highest BCUT2D eigenvalue weighted by Gasteiger charge is 2.37. The molecule has 18 heavy (non-hydrogen) atoms. The van der Waals surface area contributed by atoms with Crippen LogP contribution in [-0.4, -0.2) is 11.6 Å². The SMILES string of the molecule is Cc1ccccc1C(=O)N/N=C1/C[C@H]2C=CC[C@H]12. The molecule has 3 nitrogen and oxygen atoms in total. The minimum Gasteiger partial charge on any atom is -0.267 e. The molecule has 2 aliphatic rings. The molecule has 0 spiro atoms. The van der Waals surface area contributed by atoms with Crippen molar-refractivity contribution in [2.24, 2.45) is 16.9 Å². The molecule has 3 heteroatoms. The molecule has 1 N–H and O–H groups in total. The number of benzene rings is 1. The van der Waals surface area contributed by atoms with Gasteiger partial charge in [-0.15, -0.1) is 0 Å². The van der Waals surface area contributed by atoms with Crippen LogP contribution in [0.2, 0.25) is 0 Å². The van der Waals surface area contributed by atoms with Gasteiger partial charge in [0.2, 0.25) is 0 Å². The second kappa shape index (κ2) is 4.41. The topological polar surface area (TPSA) is 41.5 Å². The molecule has 0 radical (unpaired) electrons. The summed E-state index contributed by atoms with van der Waals surface area (Å²) in [5, 5.41) is 4.27. The van der Waals surface area contributed by atoms with Gasteiger partial charge < -0.3 is 0 Å². The van der Waals surface area contributed by atoms with Crippen molar-refractivity contribution in [1.29, 1.82) is 0 Å². The number of nitrogens with one attached hydrogen (secondary N) is 1. The van der Waals surface area contributed by atoms with Gasteiger partial charge in [-0.1, -0.05) is 30.4 Å². The van der Waals surface area contributed by atoms with E-state index < -0.39 is 0 Å². The third-order valence-corrected chi connectivity index (χ3v) is 3.85. The first-order valence-electron chi connectivity index (χ1n) is 6.35. The van der Waals surface area contributed by atoms with Gasteiger partial charge in [0.15, 0.2) is 0 Å². The van der Waals surface area contributed by atoms with Gasteiger partial charge in [-0.3, -0.25) is 4.79 Å². The fourth-order valence-corrected chi connectivity index (χ4v) is 2.67. The molecule has 92 valence electrons. The van der Waals surface area contributed by atoms with Crippen molar-refractivity contribution >= 4 is 11.6 Å². The predicted octanol–water partition coefficient (Wildman–Crippen LogP) is 2.68. The third kappa shape index (κ3) is 1.86. The fourth-order valence-electron chi connectivity index (χ4n) is 2.67. The molecule has 2 atom stereocenters. The second-order valence-corrected chi connectivity index (χ2v) is 5.00. The minimum absolute atomic E-state index is 0.116. The van der Waals surface area contributed by atoms with Crippen molar-refractivity contribution < 1.29 is 4.79 Å². The Morgan fingerprint density at radius 2 is 2.22 bits per heavy atom. The molecule has 1 amide bonds. The van der Waals surface area contributed by atoms with Crippen LogP contribution in [0.15, 0.2) is 41.5 Å². The number of hydrogen-bond acceptors (Lipinski definition) is 2. The summed E-state index contributed by atoms with van der Waals surface area (Å²) in [5.74, 6) is 1.09. The lowest BCUT2D eigenvalue weighted by atomic mass is 9.74. The van der Waals surface area contributed by atoms with Crippen molar-refractivity contribution in [3.05, 3.63) is 47.5 Å². The lowest BCUT2D eigenvalue weighted by molar-refractivity contribution is 0.0953. The summed E-state index contributed by atoms with van der Waals surface area (Å²) in [6.45, 7) is 1.93. The number of carbonyl (C=O) groups excluding carboxylic acids is 1. The highest BCUT2D eigenvalue weighted by Crippen LogP contribution is 2.40. The van der Waals surface area contributed by atoms with Crippen molar-refractivity contribution in [3.8, 4) is 0 Å². The third-order valence-electron chi connectivity index (χ3n) is 3.85. The molecule has 1 aromatic rings. The smallest absolute Gasteiger partial charge is 0.267 e. The van der Waals surface area contributed by atoms with E-state index >= 15 is 0 Å². The van der Waals surface area contributed by atoms with Crippen LogP contribution in [0.3, 0.4) is 0 Å². The molecule has 1 aromatic carbocycles. The van der Waals surface area contributed by atoms with E-state index in [-0.39, 0.29) is 5.91 Å². The van der Waals surface area contributed by atoms with Gasteiger partial charge >= 0.3 is 0 Å².